The lowest BCUT2D eigenvalue weighted by Gasteiger charge is -2.22. The number of anilines is 1. The third-order valence-electron chi connectivity index (χ3n) is 4.03. The molecule has 1 aromatic carbocycles. The highest BCUT2D eigenvalue weighted by atomic mass is 32.1. The minimum Gasteiger partial charge on any atom is -0.366 e. The number of fused-ring (bicyclic) bond motifs is 1. The maximum Gasteiger partial charge on any atom is 0.259 e. The van der Waals surface area contributed by atoms with Gasteiger partial charge in [-0.3, -0.25) is 9.20 Å². The number of aromatic nitrogens is 2. The predicted molar refractivity (Wildman–Crippen MR) is 96.5 cm³/mol. The van der Waals surface area contributed by atoms with E-state index in [-0.39, 0.29) is 17.8 Å². The van der Waals surface area contributed by atoms with Gasteiger partial charge in [0.2, 0.25) is 0 Å². The number of rotatable bonds is 5. The van der Waals surface area contributed by atoms with Crippen LogP contribution in [0.25, 0.3) is 4.96 Å². The molecule has 5 nitrogen and oxygen atoms in total. The molecule has 128 valence electrons. The Morgan fingerprint density at radius 3 is 2.72 bits per heavy atom. The topological polar surface area (TPSA) is 61.4 Å². The molecular formula is C18H17FN4OS. The molecule has 0 atom stereocenters. The standard InChI is InChI=1S/C18H17FN4OS/c1-3-22(15-6-4-13(19)5-7-15)11-14-10-17(24)23-16(8-9-20)12(2)25-18(23)21-14/h4-7,10H,3,8,11H2,1-2H3. The molecule has 3 aromatic rings. The number of hydrogen-bond acceptors (Lipinski definition) is 5. The zero-order chi connectivity index (χ0) is 18.0. The molecule has 0 aliphatic heterocycles. The summed E-state index contributed by atoms with van der Waals surface area (Å²) in [5.74, 6) is -0.281. The lowest BCUT2D eigenvalue weighted by molar-refractivity contribution is 0.627. The van der Waals surface area contributed by atoms with Crippen LogP contribution in [-0.2, 0) is 13.0 Å². The van der Waals surface area contributed by atoms with Crippen molar-refractivity contribution < 1.29 is 4.39 Å². The molecule has 0 saturated carbocycles. The summed E-state index contributed by atoms with van der Waals surface area (Å²) in [7, 11) is 0. The number of nitriles is 1. The summed E-state index contributed by atoms with van der Waals surface area (Å²) < 4.78 is 14.6. The third kappa shape index (κ3) is 3.39. The Balaban J connectivity index is 1.97. The van der Waals surface area contributed by atoms with Crippen molar-refractivity contribution in [1.29, 1.82) is 5.26 Å². The minimum atomic E-state index is -0.281. The van der Waals surface area contributed by atoms with Gasteiger partial charge in [-0.1, -0.05) is 0 Å². The van der Waals surface area contributed by atoms with Crippen LogP contribution < -0.4 is 10.5 Å². The molecule has 0 spiro atoms. The van der Waals surface area contributed by atoms with E-state index in [1.807, 2.05) is 18.7 Å². The molecule has 2 aromatic heterocycles. The van der Waals surface area contributed by atoms with E-state index >= 15 is 0 Å². The van der Waals surface area contributed by atoms with Crippen LogP contribution in [0.5, 0.6) is 0 Å². The van der Waals surface area contributed by atoms with Crippen molar-refractivity contribution in [2.24, 2.45) is 0 Å². The Bertz CT molecular complexity index is 1000. The van der Waals surface area contributed by atoms with E-state index in [9.17, 15) is 9.18 Å². The number of thiazole rings is 1. The molecule has 0 aliphatic carbocycles. The summed E-state index contributed by atoms with van der Waals surface area (Å²) in [6, 6.07) is 9.86. The molecule has 0 N–H and O–H groups in total. The Hall–Kier alpha value is -2.72. The predicted octanol–water partition coefficient (Wildman–Crippen LogP) is 3.30. The quantitative estimate of drug-likeness (QED) is 0.704. The highest BCUT2D eigenvalue weighted by molar-refractivity contribution is 7.17. The molecule has 0 bridgehead atoms. The smallest absolute Gasteiger partial charge is 0.259 e. The van der Waals surface area contributed by atoms with Gasteiger partial charge in [-0.25, -0.2) is 9.37 Å². The van der Waals surface area contributed by atoms with Crippen LogP contribution >= 0.6 is 11.3 Å². The van der Waals surface area contributed by atoms with Gasteiger partial charge >= 0.3 is 0 Å². The lowest BCUT2D eigenvalue weighted by Crippen LogP contribution is -2.25. The van der Waals surface area contributed by atoms with E-state index < -0.39 is 0 Å². The average Bonchev–Trinajstić information content (AvgIpc) is 2.90. The molecule has 0 aliphatic rings. The summed E-state index contributed by atoms with van der Waals surface area (Å²) in [5, 5.41) is 8.95. The lowest BCUT2D eigenvalue weighted by atomic mass is 10.2. The maximum absolute atomic E-state index is 13.1. The number of hydrogen-bond donors (Lipinski definition) is 0. The van der Waals surface area contributed by atoms with Gasteiger partial charge in [0.15, 0.2) is 4.96 Å². The molecule has 0 fully saturated rings. The van der Waals surface area contributed by atoms with E-state index in [4.69, 9.17) is 5.26 Å². The highest BCUT2D eigenvalue weighted by Crippen LogP contribution is 2.21. The number of benzene rings is 1. The third-order valence-corrected chi connectivity index (χ3v) is 5.03. The highest BCUT2D eigenvalue weighted by Gasteiger charge is 2.14. The van der Waals surface area contributed by atoms with Crippen LogP contribution in [-0.4, -0.2) is 15.9 Å². The van der Waals surface area contributed by atoms with E-state index in [2.05, 4.69) is 11.1 Å². The van der Waals surface area contributed by atoms with Gasteiger partial charge in [-0.2, -0.15) is 5.26 Å². The molecule has 0 radical (unpaired) electrons. The summed E-state index contributed by atoms with van der Waals surface area (Å²) in [5.41, 5.74) is 2.06. The van der Waals surface area contributed by atoms with Crippen molar-refractivity contribution in [3.8, 4) is 6.07 Å². The Morgan fingerprint density at radius 1 is 1.36 bits per heavy atom. The Kier molecular flexibility index (Phi) is 4.81. The average molecular weight is 356 g/mol. The van der Waals surface area contributed by atoms with Crippen molar-refractivity contribution in [1.82, 2.24) is 9.38 Å². The fourth-order valence-electron chi connectivity index (χ4n) is 2.77. The fourth-order valence-corrected chi connectivity index (χ4v) is 3.78. The van der Waals surface area contributed by atoms with Gasteiger partial charge in [0.1, 0.15) is 5.82 Å². The summed E-state index contributed by atoms with van der Waals surface area (Å²) >= 11 is 1.41. The summed E-state index contributed by atoms with van der Waals surface area (Å²) in [4.78, 5) is 20.6. The first-order valence-electron chi connectivity index (χ1n) is 7.92. The van der Waals surface area contributed by atoms with Gasteiger partial charge in [0, 0.05) is 23.2 Å². The second-order valence-electron chi connectivity index (χ2n) is 5.63. The van der Waals surface area contributed by atoms with Crippen molar-refractivity contribution in [2.45, 2.75) is 26.8 Å². The van der Waals surface area contributed by atoms with E-state index in [1.54, 1.807) is 12.1 Å². The summed E-state index contributed by atoms with van der Waals surface area (Å²) in [6.45, 7) is 5.05. The van der Waals surface area contributed by atoms with Crippen molar-refractivity contribution in [3.05, 3.63) is 62.8 Å². The Morgan fingerprint density at radius 2 is 2.08 bits per heavy atom. The maximum atomic E-state index is 13.1. The summed E-state index contributed by atoms with van der Waals surface area (Å²) in [6.07, 6.45) is 0.184. The molecule has 0 unspecified atom stereocenters. The van der Waals surface area contributed by atoms with Crippen molar-refractivity contribution in [2.75, 3.05) is 11.4 Å². The van der Waals surface area contributed by atoms with Gasteiger partial charge in [-0.05, 0) is 38.1 Å². The molecule has 2 heterocycles. The zero-order valence-corrected chi connectivity index (χ0v) is 14.8. The first-order chi connectivity index (χ1) is 12.0. The monoisotopic (exact) mass is 356 g/mol. The van der Waals surface area contributed by atoms with Crippen molar-refractivity contribution in [3.63, 3.8) is 0 Å². The largest absolute Gasteiger partial charge is 0.366 e. The molecule has 0 saturated heterocycles. The van der Waals surface area contributed by atoms with Gasteiger partial charge in [0.05, 0.1) is 30.4 Å². The molecule has 3 rings (SSSR count). The van der Waals surface area contributed by atoms with Gasteiger partial charge < -0.3 is 4.90 Å². The van der Waals surface area contributed by atoms with Gasteiger partial charge in [0.25, 0.3) is 5.56 Å². The van der Waals surface area contributed by atoms with Crippen molar-refractivity contribution >= 4 is 22.0 Å². The number of nitrogens with zero attached hydrogens (tertiary/aromatic N) is 4. The number of halogens is 1. The van der Waals surface area contributed by atoms with Crippen LogP contribution in [0.15, 0.2) is 35.1 Å². The van der Waals surface area contributed by atoms with Crippen LogP contribution in [0, 0.1) is 24.1 Å². The van der Waals surface area contributed by atoms with E-state index in [0.29, 0.717) is 29.4 Å². The number of aryl methyl sites for hydroxylation is 1. The zero-order valence-electron chi connectivity index (χ0n) is 14.0. The molecule has 25 heavy (non-hydrogen) atoms. The molecule has 0 amide bonds. The van der Waals surface area contributed by atoms with Crippen LogP contribution in [0.3, 0.4) is 0 Å². The SMILES string of the molecule is CCN(Cc1cc(=O)n2c(CC#N)c(C)sc2n1)c1ccc(F)cc1. The van der Waals surface area contributed by atoms with Gasteiger partial charge in [-0.15, -0.1) is 11.3 Å². The Labute approximate surface area is 148 Å². The van der Waals surface area contributed by atoms with E-state index in [1.165, 1.54) is 33.9 Å². The van der Waals surface area contributed by atoms with Crippen LogP contribution in [0.2, 0.25) is 0 Å². The first-order valence-corrected chi connectivity index (χ1v) is 8.73. The molecule has 7 heteroatoms. The van der Waals surface area contributed by atoms with Crippen LogP contribution in [0.4, 0.5) is 10.1 Å². The van der Waals surface area contributed by atoms with E-state index in [0.717, 1.165) is 10.6 Å². The fraction of sp³-hybridized carbons (Fsp3) is 0.278. The normalized spacial score (nSPS) is 10.8. The minimum absolute atomic E-state index is 0.176. The molecular weight excluding hydrogens is 339 g/mol. The second kappa shape index (κ2) is 7.03. The van der Waals surface area contributed by atoms with Crippen LogP contribution in [0.1, 0.15) is 23.2 Å². The second-order valence-corrected chi connectivity index (χ2v) is 6.82. The first kappa shape index (κ1) is 17.1.